The molecule has 162 valence electrons. The summed E-state index contributed by atoms with van der Waals surface area (Å²) in [6, 6.07) is 33.5. The Bertz CT molecular complexity index is 1730. The summed E-state index contributed by atoms with van der Waals surface area (Å²) in [5.41, 5.74) is 8.45. The van der Waals surface area contributed by atoms with Gasteiger partial charge in [0.05, 0.1) is 33.3 Å². The van der Waals surface area contributed by atoms with Crippen molar-refractivity contribution in [2.75, 3.05) is 0 Å². The van der Waals surface area contributed by atoms with E-state index >= 15 is 0 Å². The summed E-state index contributed by atoms with van der Waals surface area (Å²) in [6.45, 7) is 4.52. The van der Waals surface area contributed by atoms with Gasteiger partial charge >= 0.3 is 0 Å². The first-order chi connectivity index (χ1) is 16.6. The summed E-state index contributed by atoms with van der Waals surface area (Å²) in [6.07, 6.45) is 0. The number of aromatic nitrogens is 4. The van der Waals surface area contributed by atoms with E-state index in [0.29, 0.717) is 0 Å². The minimum absolute atomic E-state index is 0.213. The zero-order valence-electron chi connectivity index (χ0n) is 19.0. The third-order valence-electron chi connectivity index (χ3n) is 6.94. The van der Waals surface area contributed by atoms with Gasteiger partial charge in [0.2, 0.25) is 0 Å². The highest BCUT2D eigenvalue weighted by atomic mass is 15.1. The fraction of sp³-hybridized carbons (Fsp3) is 0.100. The Labute approximate surface area is 197 Å². The Morgan fingerprint density at radius 2 is 1.38 bits per heavy atom. The van der Waals surface area contributed by atoms with Gasteiger partial charge < -0.3 is 0 Å². The van der Waals surface area contributed by atoms with Gasteiger partial charge in [-0.05, 0) is 49.7 Å². The second kappa shape index (κ2) is 6.84. The maximum atomic E-state index is 5.07. The van der Waals surface area contributed by atoms with E-state index in [1.807, 2.05) is 30.3 Å². The Morgan fingerprint density at radius 1 is 0.647 bits per heavy atom. The highest BCUT2D eigenvalue weighted by Gasteiger charge is 2.39. The van der Waals surface area contributed by atoms with Crippen LogP contribution in [0.1, 0.15) is 25.2 Å². The SMILES string of the molecule is CC1(C)c2cc(-c3nc(-c4ccccc4)nc4ccccc34)ccc2-n2c1nc1ccccc12. The van der Waals surface area contributed by atoms with Crippen LogP contribution >= 0.6 is 0 Å². The van der Waals surface area contributed by atoms with E-state index in [1.54, 1.807) is 0 Å². The summed E-state index contributed by atoms with van der Waals surface area (Å²) in [4.78, 5) is 14.9. The topological polar surface area (TPSA) is 43.6 Å². The molecule has 0 aliphatic carbocycles. The summed E-state index contributed by atoms with van der Waals surface area (Å²) < 4.78 is 2.31. The maximum absolute atomic E-state index is 5.07. The lowest BCUT2D eigenvalue weighted by Gasteiger charge is -2.19. The van der Waals surface area contributed by atoms with Crippen LogP contribution in [0, 0.1) is 0 Å². The molecule has 0 saturated heterocycles. The van der Waals surface area contributed by atoms with Crippen molar-refractivity contribution in [2.45, 2.75) is 19.3 Å². The van der Waals surface area contributed by atoms with Crippen molar-refractivity contribution in [3.8, 4) is 28.3 Å². The lowest BCUT2D eigenvalue weighted by atomic mass is 9.84. The van der Waals surface area contributed by atoms with Crippen LogP contribution in [0.5, 0.6) is 0 Å². The Kier molecular flexibility index (Phi) is 3.86. The van der Waals surface area contributed by atoms with Gasteiger partial charge in [-0.25, -0.2) is 15.0 Å². The highest BCUT2D eigenvalue weighted by Crippen LogP contribution is 2.45. The molecule has 2 aromatic heterocycles. The lowest BCUT2D eigenvalue weighted by molar-refractivity contribution is 0.621. The van der Waals surface area contributed by atoms with Crippen molar-refractivity contribution in [3.05, 3.63) is 108 Å². The number of imidazole rings is 1. The van der Waals surface area contributed by atoms with E-state index in [4.69, 9.17) is 15.0 Å². The first kappa shape index (κ1) is 19.2. The molecule has 0 atom stereocenters. The molecule has 0 unspecified atom stereocenters. The average Bonchev–Trinajstić information content (AvgIpc) is 3.37. The van der Waals surface area contributed by atoms with E-state index in [-0.39, 0.29) is 5.41 Å². The fourth-order valence-electron chi connectivity index (χ4n) is 5.20. The van der Waals surface area contributed by atoms with Crippen LogP contribution in [-0.2, 0) is 5.41 Å². The Balaban J connectivity index is 1.47. The number of nitrogens with zero attached hydrogens (tertiary/aromatic N) is 4. The second-order valence-corrected chi connectivity index (χ2v) is 9.40. The molecule has 0 bridgehead atoms. The van der Waals surface area contributed by atoms with Gasteiger partial charge in [-0.2, -0.15) is 0 Å². The molecule has 0 N–H and O–H groups in total. The molecule has 4 nitrogen and oxygen atoms in total. The highest BCUT2D eigenvalue weighted by molar-refractivity contribution is 5.94. The molecule has 4 aromatic carbocycles. The van der Waals surface area contributed by atoms with Crippen LogP contribution in [0.15, 0.2) is 97.1 Å². The Morgan fingerprint density at radius 3 is 2.24 bits per heavy atom. The van der Waals surface area contributed by atoms with Gasteiger partial charge in [-0.3, -0.25) is 4.57 Å². The van der Waals surface area contributed by atoms with Crippen molar-refractivity contribution in [1.29, 1.82) is 0 Å². The van der Waals surface area contributed by atoms with Crippen molar-refractivity contribution in [1.82, 2.24) is 19.5 Å². The van der Waals surface area contributed by atoms with Crippen LogP contribution in [0.3, 0.4) is 0 Å². The van der Waals surface area contributed by atoms with Crippen molar-refractivity contribution in [2.24, 2.45) is 0 Å². The number of rotatable bonds is 2. The summed E-state index contributed by atoms with van der Waals surface area (Å²) in [7, 11) is 0. The minimum atomic E-state index is -0.213. The standard InChI is InChI=1S/C30H22N4/c1-30(2)22-18-20(16-17-25(22)34-26-15-9-8-14-24(26)32-29(30)34)27-21-12-6-7-13-23(21)31-28(33-27)19-10-4-3-5-11-19/h3-18H,1-2H3. The largest absolute Gasteiger partial charge is 0.295 e. The third-order valence-corrected chi connectivity index (χ3v) is 6.94. The number of hydrogen-bond donors (Lipinski definition) is 0. The molecule has 0 radical (unpaired) electrons. The van der Waals surface area contributed by atoms with Crippen molar-refractivity contribution in [3.63, 3.8) is 0 Å². The smallest absolute Gasteiger partial charge is 0.160 e. The fourth-order valence-corrected chi connectivity index (χ4v) is 5.20. The molecule has 7 rings (SSSR count). The summed E-state index contributed by atoms with van der Waals surface area (Å²) in [5, 5.41) is 1.06. The lowest BCUT2D eigenvalue weighted by Crippen LogP contribution is -2.16. The second-order valence-electron chi connectivity index (χ2n) is 9.40. The molecular formula is C30H22N4. The molecule has 6 aromatic rings. The zero-order valence-corrected chi connectivity index (χ0v) is 19.0. The van der Waals surface area contributed by atoms with Gasteiger partial charge in [0, 0.05) is 16.5 Å². The molecule has 0 saturated carbocycles. The summed E-state index contributed by atoms with van der Waals surface area (Å²) >= 11 is 0. The molecule has 1 aliphatic heterocycles. The van der Waals surface area contributed by atoms with Crippen LogP contribution < -0.4 is 0 Å². The van der Waals surface area contributed by atoms with Gasteiger partial charge in [-0.1, -0.05) is 66.7 Å². The number of fused-ring (bicyclic) bond motifs is 6. The normalized spacial score (nSPS) is 13.8. The first-order valence-corrected chi connectivity index (χ1v) is 11.6. The first-order valence-electron chi connectivity index (χ1n) is 11.6. The molecule has 4 heteroatoms. The number of benzene rings is 4. The van der Waals surface area contributed by atoms with Gasteiger partial charge in [-0.15, -0.1) is 0 Å². The maximum Gasteiger partial charge on any atom is 0.160 e. The van der Waals surface area contributed by atoms with Crippen molar-refractivity contribution >= 4 is 21.9 Å². The zero-order chi connectivity index (χ0) is 22.9. The minimum Gasteiger partial charge on any atom is -0.295 e. The predicted molar refractivity (Wildman–Crippen MR) is 137 cm³/mol. The number of para-hydroxylation sites is 3. The van der Waals surface area contributed by atoms with Crippen LogP contribution in [0.4, 0.5) is 0 Å². The van der Waals surface area contributed by atoms with Crippen LogP contribution in [0.2, 0.25) is 0 Å². The average molecular weight is 439 g/mol. The van der Waals surface area contributed by atoms with E-state index in [9.17, 15) is 0 Å². The predicted octanol–water partition coefficient (Wildman–Crippen LogP) is 6.94. The third kappa shape index (κ3) is 2.62. The number of hydrogen-bond acceptors (Lipinski definition) is 3. The molecule has 0 fully saturated rings. The van der Waals surface area contributed by atoms with E-state index < -0.39 is 0 Å². The molecule has 34 heavy (non-hydrogen) atoms. The van der Waals surface area contributed by atoms with E-state index in [1.165, 1.54) is 11.3 Å². The molecule has 1 aliphatic rings. The van der Waals surface area contributed by atoms with Gasteiger partial charge in [0.25, 0.3) is 0 Å². The van der Waals surface area contributed by atoms with E-state index in [0.717, 1.165) is 50.4 Å². The molecule has 0 amide bonds. The summed E-state index contributed by atoms with van der Waals surface area (Å²) in [5.74, 6) is 1.83. The van der Waals surface area contributed by atoms with Crippen LogP contribution in [0.25, 0.3) is 50.3 Å². The van der Waals surface area contributed by atoms with Crippen molar-refractivity contribution < 1.29 is 0 Å². The van der Waals surface area contributed by atoms with Crippen LogP contribution in [-0.4, -0.2) is 19.5 Å². The van der Waals surface area contributed by atoms with Gasteiger partial charge in [0.1, 0.15) is 5.82 Å². The van der Waals surface area contributed by atoms with Gasteiger partial charge in [0.15, 0.2) is 5.82 Å². The molecule has 0 spiro atoms. The van der Waals surface area contributed by atoms with E-state index in [2.05, 4.69) is 85.1 Å². The molecule has 3 heterocycles. The Hall–Kier alpha value is -4.31. The molecular weight excluding hydrogens is 416 g/mol. The monoisotopic (exact) mass is 438 g/mol. The quantitative estimate of drug-likeness (QED) is 0.294.